The molecule has 0 spiro atoms. The number of fused-ring (bicyclic) bond motifs is 5. The zero-order valence-electron chi connectivity index (χ0n) is 33.4. The van der Waals surface area contributed by atoms with Gasteiger partial charge in [0.1, 0.15) is 47.0 Å². The molecule has 6 heterocycles. The monoisotopic (exact) mass is 788 g/mol. The van der Waals surface area contributed by atoms with Crippen molar-refractivity contribution < 1.29 is 36.9 Å². The highest BCUT2D eigenvalue weighted by atomic mass is 19.1. The predicted molar refractivity (Wildman–Crippen MR) is 210 cm³/mol. The van der Waals surface area contributed by atoms with Crippen LogP contribution in [0.1, 0.15) is 89.8 Å². The second-order valence-corrected chi connectivity index (χ2v) is 17.5. The van der Waals surface area contributed by atoms with Gasteiger partial charge < -0.3 is 23.8 Å². The van der Waals surface area contributed by atoms with E-state index < -0.39 is 23.1 Å². The van der Waals surface area contributed by atoms with Gasteiger partial charge >= 0.3 is 12.1 Å². The summed E-state index contributed by atoms with van der Waals surface area (Å²) in [5.74, 6) is -0.0958. The van der Waals surface area contributed by atoms with E-state index in [1.165, 1.54) is 13.2 Å². The van der Waals surface area contributed by atoms with Crippen molar-refractivity contribution in [3.8, 4) is 23.0 Å². The minimum absolute atomic E-state index is 0.00285. The summed E-state index contributed by atoms with van der Waals surface area (Å²) in [5.41, 5.74) is 0.506. The Balaban J connectivity index is 1.21. The smallest absolute Gasteiger partial charge is 0.410 e. The standard InChI is InChI=1S/C43H51F3N6O5/c1-6-30-32(45)13-10-25-16-29(56-23-54-5)17-31(33(25)30)37-35(46)38-34(36(47-37)24-8-9-24)39(49-40(48-38)55-22-43-14-7-15-51(43)19-26(44)18-43)50-20-27-11-12-28(21-50)52(27)41(53)57-42(2,3)4/h10,13,16-17,24,26-28H,6-9,11-12,14-15,18-23H2,1-5H3/t26-,27-,28+,43+/m1/s1. The molecular weight excluding hydrogens is 738 g/mol. The van der Waals surface area contributed by atoms with Crippen LogP contribution in [0.25, 0.3) is 32.9 Å². The lowest BCUT2D eigenvalue weighted by molar-refractivity contribution is 0.0122. The van der Waals surface area contributed by atoms with Crippen molar-refractivity contribution in [3.63, 3.8) is 0 Å². The van der Waals surface area contributed by atoms with E-state index in [0.717, 1.165) is 45.1 Å². The molecule has 9 rings (SSSR count). The molecule has 2 bridgehead atoms. The summed E-state index contributed by atoms with van der Waals surface area (Å²) in [6, 6.07) is 6.32. The molecule has 1 aliphatic carbocycles. The van der Waals surface area contributed by atoms with Gasteiger partial charge in [0.15, 0.2) is 12.6 Å². The van der Waals surface area contributed by atoms with Crippen LogP contribution < -0.4 is 14.4 Å². The molecule has 14 heteroatoms. The summed E-state index contributed by atoms with van der Waals surface area (Å²) in [6.45, 7) is 9.69. The zero-order chi connectivity index (χ0) is 39.8. The summed E-state index contributed by atoms with van der Waals surface area (Å²) in [7, 11) is 1.52. The third-order valence-electron chi connectivity index (χ3n) is 12.4. The van der Waals surface area contributed by atoms with Crippen molar-refractivity contribution in [2.24, 2.45) is 0 Å². The number of amides is 1. The largest absolute Gasteiger partial charge is 0.468 e. The molecule has 4 aliphatic heterocycles. The Morgan fingerprint density at radius 3 is 2.46 bits per heavy atom. The predicted octanol–water partition coefficient (Wildman–Crippen LogP) is 8.09. The first-order valence-corrected chi connectivity index (χ1v) is 20.4. The summed E-state index contributed by atoms with van der Waals surface area (Å²) in [5, 5.41) is 1.75. The molecule has 57 heavy (non-hydrogen) atoms. The molecule has 4 aromatic rings. The highest BCUT2D eigenvalue weighted by Crippen LogP contribution is 2.49. The summed E-state index contributed by atoms with van der Waals surface area (Å²) in [6.07, 6.45) is 4.51. The van der Waals surface area contributed by atoms with E-state index in [4.69, 9.17) is 33.9 Å². The molecule has 4 saturated heterocycles. The summed E-state index contributed by atoms with van der Waals surface area (Å²) >= 11 is 0. The number of pyridine rings is 1. The molecular formula is C43H51F3N6O5. The van der Waals surface area contributed by atoms with E-state index in [2.05, 4.69) is 9.80 Å². The van der Waals surface area contributed by atoms with Crippen molar-refractivity contribution in [1.82, 2.24) is 24.8 Å². The highest BCUT2D eigenvalue weighted by Gasteiger charge is 2.50. The van der Waals surface area contributed by atoms with Crippen LogP contribution in [-0.2, 0) is 15.9 Å². The number of piperazine rings is 1. The van der Waals surface area contributed by atoms with Crippen LogP contribution in [0, 0.1) is 11.6 Å². The maximum atomic E-state index is 17.8. The lowest BCUT2D eigenvalue weighted by Crippen LogP contribution is -2.57. The van der Waals surface area contributed by atoms with Crippen molar-refractivity contribution in [3.05, 3.63) is 47.2 Å². The van der Waals surface area contributed by atoms with E-state index in [1.807, 2.05) is 32.6 Å². The summed E-state index contributed by atoms with van der Waals surface area (Å²) < 4.78 is 71.4. The van der Waals surface area contributed by atoms with Crippen LogP contribution in [0.2, 0.25) is 0 Å². The summed E-state index contributed by atoms with van der Waals surface area (Å²) in [4.78, 5) is 34.6. The van der Waals surface area contributed by atoms with Crippen LogP contribution in [-0.4, -0.2) is 107 Å². The zero-order valence-corrected chi connectivity index (χ0v) is 33.4. The Morgan fingerprint density at radius 1 is 0.982 bits per heavy atom. The molecule has 5 aliphatic rings. The average Bonchev–Trinajstić information content (AvgIpc) is 3.80. The van der Waals surface area contributed by atoms with Crippen LogP contribution in [0.3, 0.4) is 0 Å². The molecule has 11 nitrogen and oxygen atoms in total. The Morgan fingerprint density at radius 2 is 1.75 bits per heavy atom. The molecule has 2 aromatic heterocycles. The van der Waals surface area contributed by atoms with Crippen LogP contribution in [0.5, 0.6) is 11.8 Å². The molecule has 1 amide bonds. The maximum Gasteiger partial charge on any atom is 0.410 e. The number of aryl methyl sites for hydroxylation is 1. The Hall–Kier alpha value is -4.43. The van der Waals surface area contributed by atoms with Gasteiger partial charge in [0.05, 0.1) is 28.7 Å². The number of hydrogen-bond donors (Lipinski definition) is 0. The number of ether oxygens (including phenoxy) is 4. The van der Waals surface area contributed by atoms with Crippen molar-refractivity contribution in [2.75, 3.05) is 51.6 Å². The number of carbonyl (C=O) groups is 1. The molecule has 1 saturated carbocycles. The minimum atomic E-state index is -0.942. The topological polar surface area (TPSA) is 102 Å². The molecule has 5 fully saturated rings. The minimum Gasteiger partial charge on any atom is -0.468 e. The third kappa shape index (κ3) is 6.89. The first-order valence-electron chi connectivity index (χ1n) is 20.4. The van der Waals surface area contributed by atoms with Gasteiger partial charge in [-0.25, -0.2) is 22.9 Å². The van der Waals surface area contributed by atoms with Crippen LogP contribution in [0.4, 0.5) is 23.8 Å². The van der Waals surface area contributed by atoms with E-state index in [9.17, 15) is 9.18 Å². The van der Waals surface area contributed by atoms with E-state index in [0.29, 0.717) is 77.0 Å². The van der Waals surface area contributed by atoms with Gasteiger partial charge in [0.25, 0.3) is 0 Å². The Bertz CT molecular complexity index is 2220. The number of anilines is 1. The molecule has 0 N–H and O–H groups in total. The van der Waals surface area contributed by atoms with Gasteiger partial charge in [-0.3, -0.25) is 9.80 Å². The number of hydrogen-bond acceptors (Lipinski definition) is 10. The SMILES string of the molecule is CCc1c(F)ccc2cc(OCOC)cc(-c3nc(C4CC4)c4c(N5C[C@H]6CC[C@@H](C5)N6C(=O)OC(C)(C)C)nc(OC[C@@]56CCCN5C[C@H](F)C6)nc4c3F)c12. The molecule has 0 unspecified atom stereocenters. The first-order chi connectivity index (χ1) is 27.4. The number of nitrogens with zero attached hydrogens (tertiary/aromatic N) is 6. The fraction of sp³-hybridized carbons (Fsp3) is 0.581. The van der Waals surface area contributed by atoms with Gasteiger partial charge in [-0.05, 0) is 107 Å². The van der Waals surface area contributed by atoms with Gasteiger partial charge in [0.2, 0.25) is 0 Å². The lowest BCUT2D eigenvalue weighted by Gasteiger charge is -2.42. The maximum absolute atomic E-state index is 17.8. The van der Waals surface area contributed by atoms with E-state index in [-0.39, 0.29) is 60.5 Å². The van der Waals surface area contributed by atoms with Crippen molar-refractivity contribution >= 4 is 33.6 Å². The lowest BCUT2D eigenvalue weighted by atomic mass is 9.94. The molecule has 4 atom stereocenters. The molecule has 2 aromatic carbocycles. The molecule has 304 valence electrons. The number of carbonyl (C=O) groups excluding carboxylic acids is 1. The fourth-order valence-corrected chi connectivity index (χ4v) is 9.85. The average molecular weight is 789 g/mol. The van der Waals surface area contributed by atoms with Gasteiger partial charge in [-0.2, -0.15) is 9.97 Å². The van der Waals surface area contributed by atoms with Crippen molar-refractivity contribution in [1.29, 1.82) is 0 Å². The number of rotatable bonds is 10. The Kier molecular flexibility index (Phi) is 9.65. The highest BCUT2D eigenvalue weighted by molar-refractivity contribution is 6.02. The first kappa shape index (κ1) is 38.1. The second kappa shape index (κ2) is 14.4. The van der Waals surface area contributed by atoms with Crippen LogP contribution >= 0.6 is 0 Å². The van der Waals surface area contributed by atoms with E-state index in [1.54, 1.807) is 18.2 Å². The van der Waals surface area contributed by atoms with E-state index >= 15 is 8.78 Å². The number of benzene rings is 2. The normalized spacial score (nSPS) is 24.8. The Labute approximate surface area is 330 Å². The van der Waals surface area contributed by atoms with Gasteiger partial charge in [0, 0.05) is 44.6 Å². The quantitative estimate of drug-likeness (QED) is 0.147. The number of halogens is 3. The second-order valence-electron chi connectivity index (χ2n) is 17.5. The van der Waals surface area contributed by atoms with Crippen LogP contribution in [0.15, 0.2) is 24.3 Å². The number of aromatic nitrogens is 3. The fourth-order valence-electron chi connectivity index (χ4n) is 9.85. The number of alkyl halides is 1. The van der Waals surface area contributed by atoms with Gasteiger partial charge in [-0.1, -0.05) is 13.0 Å². The third-order valence-corrected chi connectivity index (χ3v) is 12.4. The van der Waals surface area contributed by atoms with Crippen molar-refractivity contribution in [2.45, 2.75) is 114 Å². The number of methoxy groups -OCH3 is 1. The molecule has 0 radical (unpaired) electrons. The van der Waals surface area contributed by atoms with Gasteiger partial charge in [-0.15, -0.1) is 0 Å².